The van der Waals surface area contributed by atoms with Gasteiger partial charge in [-0.15, -0.1) is 23.5 Å². The molecule has 0 saturated carbocycles. The zero-order valence-electron chi connectivity index (χ0n) is 9.06. The van der Waals surface area contributed by atoms with Gasteiger partial charge in [-0.25, -0.2) is 0 Å². The third-order valence-corrected chi connectivity index (χ3v) is 6.49. The highest BCUT2D eigenvalue weighted by Gasteiger charge is 2.37. The molecule has 1 rings (SSSR count). The van der Waals surface area contributed by atoms with Crippen molar-refractivity contribution in [3.8, 4) is 0 Å². The van der Waals surface area contributed by atoms with Gasteiger partial charge in [0.1, 0.15) is 0 Å². The Morgan fingerprint density at radius 3 is 2.57 bits per heavy atom. The summed E-state index contributed by atoms with van der Waals surface area (Å²) in [5, 5.41) is 18.8. The number of hydrogen-bond acceptors (Lipinski definition) is 4. The topological polar surface area (TPSA) is 40.5 Å². The molecule has 0 bridgehead atoms. The van der Waals surface area contributed by atoms with E-state index in [1.807, 2.05) is 30.4 Å². The average Bonchev–Trinajstić information content (AvgIpc) is 2.49. The molecule has 1 aliphatic heterocycles. The molecule has 0 radical (unpaired) electrons. The second-order valence-corrected chi connectivity index (χ2v) is 7.49. The van der Waals surface area contributed by atoms with Crippen molar-refractivity contribution in [2.75, 3.05) is 12.4 Å². The lowest BCUT2D eigenvalue weighted by molar-refractivity contribution is 0.137. The van der Waals surface area contributed by atoms with E-state index >= 15 is 0 Å². The minimum absolute atomic E-state index is 0.146. The van der Waals surface area contributed by atoms with E-state index in [1.54, 1.807) is 0 Å². The van der Waals surface area contributed by atoms with Crippen LogP contribution in [0.1, 0.15) is 27.2 Å². The number of aliphatic hydroxyl groups excluding tert-OH is 2. The Hall–Kier alpha value is 0.620. The lowest BCUT2D eigenvalue weighted by Crippen LogP contribution is -2.27. The third kappa shape index (κ3) is 3.33. The molecule has 84 valence electrons. The standard InChI is InChI=1S/C10H20O2S2/c1-7(12)4-10(2,3)9-13-6-8(5-11)14-9/h7-9,11-12H,4-6H2,1-3H3. The van der Waals surface area contributed by atoms with Gasteiger partial charge >= 0.3 is 0 Å². The molecular weight excluding hydrogens is 216 g/mol. The SMILES string of the molecule is CC(O)CC(C)(C)C1SCC(CO)S1. The highest BCUT2D eigenvalue weighted by molar-refractivity contribution is 8.20. The predicted molar refractivity (Wildman–Crippen MR) is 64.8 cm³/mol. The third-order valence-electron chi connectivity index (χ3n) is 2.41. The molecule has 0 aromatic heterocycles. The summed E-state index contributed by atoms with van der Waals surface area (Å²) < 4.78 is 0.509. The van der Waals surface area contributed by atoms with E-state index in [0.29, 0.717) is 9.83 Å². The van der Waals surface area contributed by atoms with Crippen molar-refractivity contribution in [3.63, 3.8) is 0 Å². The van der Waals surface area contributed by atoms with E-state index < -0.39 is 0 Å². The summed E-state index contributed by atoms with van der Waals surface area (Å²) in [7, 11) is 0. The summed E-state index contributed by atoms with van der Waals surface area (Å²) in [5.74, 6) is 1.04. The van der Waals surface area contributed by atoms with Crippen LogP contribution in [0.3, 0.4) is 0 Å². The van der Waals surface area contributed by atoms with Gasteiger partial charge in [0.05, 0.1) is 17.3 Å². The second-order valence-electron chi connectivity index (χ2n) is 4.65. The number of thioether (sulfide) groups is 2. The summed E-state index contributed by atoms with van der Waals surface area (Å²) in [5.41, 5.74) is 0.146. The summed E-state index contributed by atoms with van der Waals surface area (Å²) in [6.45, 7) is 6.52. The Kier molecular flexibility index (Phi) is 4.62. The van der Waals surface area contributed by atoms with Gasteiger partial charge in [0, 0.05) is 11.0 Å². The summed E-state index contributed by atoms with van der Waals surface area (Å²) >= 11 is 3.78. The molecule has 14 heavy (non-hydrogen) atoms. The van der Waals surface area contributed by atoms with E-state index in [-0.39, 0.29) is 18.1 Å². The van der Waals surface area contributed by atoms with Crippen LogP contribution < -0.4 is 0 Å². The number of rotatable bonds is 4. The first-order valence-electron chi connectivity index (χ1n) is 5.01. The lowest BCUT2D eigenvalue weighted by Gasteiger charge is -2.31. The molecular formula is C10H20O2S2. The Balaban J connectivity index is 2.48. The predicted octanol–water partition coefficient (Wildman–Crippen LogP) is 1.95. The highest BCUT2D eigenvalue weighted by Crippen LogP contribution is 2.49. The largest absolute Gasteiger partial charge is 0.395 e. The van der Waals surface area contributed by atoms with Crippen LogP contribution in [0.5, 0.6) is 0 Å². The van der Waals surface area contributed by atoms with Gasteiger partial charge in [0.2, 0.25) is 0 Å². The van der Waals surface area contributed by atoms with Crippen molar-refractivity contribution in [1.82, 2.24) is 0 Å². The molecule has 0 aromatic carbocycles. The fourth-order valence-electron chi connectivity index (χ4n) is 1.81. The lowest BCUT2D eigenvalue weighted by atomic mass is 9.89. The second kappa shape index (κ2) is 5.10. The Bertz CT molecular complexity index is 183. The minimum atomic E-state index is -0.237. The zero-order chi connectivity index (χ0) is 10.8. The minimum Gasteiger partial charge on any atom is -0.395 e. The molecule has 0 aromatic rings. The van der Waals surface area contributed by atoms with Crippen LogP contribution in [0.2, 0.25) is 0 Å². The van der Waals surface area contributed by atoms with E-state index in [2.05, 4.69) is 13.8 Å². The van der Waals surface area contributed by atoms with Crippen LogP contribution in [0.15, 0.2) is 0 Å². The van der Waals surface area contributed by atoms with E-state index in [1.165, 1.54) is 0 Å². The molecule has 1 aliphatic rings. The monoisotopic (exact) mass is 236 g/mol. The van der Waals surface area contributed by atoms with Crippen molar-refractivity contribution < 1.29 is 10.2 Å². The van der Waals surface area contributed by atoms with Crippen molar-refractivity contribution >= 4 is 23.5 Å². The van der Waals surface area contributed by atoms with Crippen LogP contribution in [0.25, 0.3) is 0 Å². The molecule has 1 fully saturated rings. The Morgan fingerprint density at radius 2 is 2.14 bits per heavy atom. The summed E-state index contributed by atoms with van der Waals surface area (Å²) in [6, 6.07) is 0. The average molecular weight is 236 g/mol. The molecule has 2 N–H and O–H groups in total. The van der Waals surface area contributed by atoms with Crippen LogP contribution in [0, 0.1) is 5.41 Å². The van der Waals surface area contributed by atoms with Crippen LogP contribution in [0.4, 0.5) is 0 Å². The highest BCUT2D eigenvalue weighted by atomic mass is 32.2. The smallest absolute Gasteiger partial charge is 0.0558 e. The first kappa shape index (κ1) is 12.7. The van der Waals surface area contributed by atoms with Gasteiger partial charge in [-0.2, -0.15) is 0 Å². The van der Waals surface area contributed by atoms with Gasteiger partial charge in [-0.1, -0.05) is 13.8 Å². The zero-order valence-corrected chi connectivity index (χ0v) is 10.7. The van der Waals surface area contributed by atoms with Crippen LogP contribution in [-0.2, 0) is 0 Å². The molecule has 3 unspecified atom stereocenters. The number of hydrogen-bond donors (Lipinski definition) is 2. The molecule has 2 nitrogen and oxygen atoms in total. The van der Waals surface area contributed by atoms with Gasteiger partial charge in [-0.3, -0.25) is 0 Å². The Morgan fingerprint density at radius 1 is 1.50 bits per heavy atom. The first-order valence-corrected chi connectivity index (χ1v) is 7.01. The molecule has 0 aliphatic carbocycles. The van der Waals surface area contributed by atoms with Crippen LogP contribution in [-0.4, -0.2) is 38.5 Å². The molecule has 4 heteroatoms. The fraction of sp³-hybridized carbons (Fsp3) is 1.00. The first-order chi connectivity index (χ1) is 6.45. The fourth-order valence-corrected chi connectivity index (χ4v) is 5.33. The molecule has 3 atom stereocenters. The quantitative estimate of drug-likeness (QED) is 0.783. The maximum atomic E-state index is 9.40. The number of aliphatic hydroxyl groups is 2. The maximum Gasteiger partial charge on any atom is 0.0558 e. The Labute approximate surface area is 94.9 Å². The summed E-state index contributed by atoms with van der Waals surface area (Å²) in [6.07, 6.45) is 0.592. The summed E-state index contributed by atoms with van der Waals surface area (Å²) in [4.78, 5) is 0. The van der Waals surface area contributed by atoms with Crippen LogP contribution >= 0.6 is 23.5 Å². The van der Waals surface area contributed by atoms with Crippen molar-refractivity contribution in [3.05, 3.63) is 0 Å². The normalized spacial score (nSPS) is 30.6. The van der Waals surface area contributed by atoms with Gasteiger partial charge in [-0.05, 0) is 18.8 Å². The van der Waals surface area contributed by atoms with Crippen molar-refractivity contribution in [2.45, 2.75) is 43.1 Å². The van der Waals surface area contributed by atoms with Crippen molar-refractivity contribution in [2.24, 2.45) is 5.41 Å². The molecule has 0 spiro atoms. The van der Waals surface area contributed by atoms with Gasteiger partial charge in [0.15, 0.2) is 0 Å². The van der Waals surface area contributed by atoms with E-state index in [0.717, 1.165) is 12.2 Å². The molecule has 0 amide bonds. The van der Waals surface area contributed by atoms with Crippen molar-refractivity contribution in [1.29, 1.82) is 0 Å². The molecule has 1 saturated heterocycles. The maximum absolute atomic E-state index is 9.40. The van der Waals surface area contributed by atoms with E-state index in [9.17, 15) is 5.11 Å². The molecule has 1 heterocycles. The van der Waals surface area contributed by atoms with Gasteiger partial charge in [0.25, 0.3) is 0 Å². The van der Waals surface area contributed by atoms with E-state index in [4.69, 9.17) is 5.11 Å². The van der Waals surface area contributed by atoms with Gasteiger partial charge < -0.3 is 10.2 Å².